The fourth-order valence-electron chi connectivity index (χ4n) is 4.87. The lowest BCUT2D eigenvalue weighted by molar-refractivity contribution is 0.225. The average Bonchev–Trinajstić information content (AvgIpc) is 3.30. The summed E-state index contributed by atoms with van der Waals surface area (Å²) in [5.74, 6) is 0.528. The second kappa shape index (κ2) is 9.85. The summed E-state index contributed by atoms with van der Waals surface area (Å²) in [6.45, 7) is 3.50. The zero-order valence-corrected chi connectivity index (χ0v) is 19.4. The molecule has 8 heteroatoms. The highest BCUT2D eigenvalue weighted by Crippen LogP contribution is 2.28. The molecule has 1 saturated carbocycles. The van der Waals surface area contributed by atoms with E-state index in [4.69, 9.17) is 0 Å². The van der Waals surface area contributed by atoms with E-state index in [0.717, 1.165) is 40.7 Å². The Morgan fingerprint density at radius 3 is 2.62 bits per heavy atom. The standard InChI is InChI=1S/C26H29FN6O/c1-18-7-12-24-20(13-18)14-21(26(34)28-24)16-32(15-19-8-10-22(27)11-9-19)17-25-29-30-31-33(25)23-5-3-2-4-6-23/h7-14,23H,2-6,15-17H2,1H3,(H,28,34). The third-order valence-electron chi connectivity index (χ3n) is 6.64. The Balaban J connectivity index is 1.45. The van der Waals surface area contributed by atoms with Crippen molar-refractivity contribution in [3.8, 4) is 0 Å². The van der Waals surface area contributed by atoms with E-state index in [1.807, 2.05) is 29.8 Å². The van der Waals surface area contributed by atoms with Crippen LogP contribution in [0.5, 0.6) is 0 Å². The second-order valence-electron chi connectivity index (χ2n) is 9.32. The first-order valence-corrected chi connectivity index (χ1v) is 11.9. The first-order chi connectivity index (χ1) is 16.5. The lowest BCUT2D eigenvalue weighted by atomic mass is 9.95. The quantitative estimate of drug-likeness (QED) is 0.434. The Kier molecular flexibility index (Phi) is 6.49. The number of benzene rings is 2. The predicted octanol–water partition coefficient (Wildman–Crippen LogP) is 4.67. The third kappa shape index (κ3) is 5.07. The molecule has 2 heterocycles. The fraction of sp³-hybridized carbons (Fsp3) is 0.385. The molecule has 4 aromatic rings. The molecule has 2 aromatic carbocycles. The van der Waals surface area contributed by atoms with Crippen LogP contribution >= 0.6 is 0 Å². The topological polar surface area (TPSA) is 79.7 Å². The molecule has 1 aliphatic carbocycles. The van der Waals surface area contributed by atoms with Gasteiger partial charge in [-0.15, -0.1) is 5.10 Å². The molecule has 1 N–H and O–H groups in total. The van der Waals surface area contributed by atoms with Crippen molar-refractivity contribution < 1.29 is 4.39 Å². The van der Waals surface area contributed by atoms with Crippen LogP contribution < -0.4 is 5.56 Å². The number of hydrogen-bond donors (Lipinski definition) is 1. The Hall–Kier alpha value is -3.39. The van der Waals surface area contributed by atoms with E-state index in [-0.39, 0.29) is 11.4 Å². The number of halogens is 1. The Bertz CT molecular complexity index is 1320. The van der Waals surface area contributed by atoms with Crippen molar-refractivity contribution >= 4 is 10.9 Å². The summed E-state index contributed by atoms with van der Waals surface area (Å²) in [6, 6.07) is 14.8. The minimum absolute atomic E-state index is 0.104. The van der Waals surface area contributed by atoms with Crippen LogP contribution in [0.4, 0.5) is 4.39 Å². The molecule has 176 valence electrons. The van der Waals surface area contributed by atoms with E-state index < -0.39 is 0 Å². The van der Waals surface area contributed by atoms with E-state index in [1.54, 1.807) is 12.1 Å². The van der Waals surface area contributed by atoms with Crippen LogP contribution in [-0.4, -0.2) is 30.1 Å². The number of H-pyrrole nitrogens is 1. The zero-order chi connectivity index (χ0) is 23.5. The van der Waals surface area contributed by atoms with Gasteiger partial charge < -0.3 is 4.98 Å². The van der Waals surface area contributed by atoms with Crippen LogP contribution in [0, 0.1) is 12.7 Å². The molecule has 7 nitrogen and oxygen atoms in total. The van der Waals surface area contributed by atoms with Crippen LogP contribution in [0.1, 0.15) is 60.7 Å². The Labute approximate surface area is 197 Å². The molecule has 0 radical (unpaired) electrons. The Morgan fingerprint density at radius 1 is 1.03 bits per heavy atom. The maximum Gasteiger partial charge on any atom is 0.252 e. The first kappa shape index (κ1) is 22.4. The highest BCUT2D eigenvalue weighted by atomic mass is 19.1. The molecule has 0 bridgehead atoms. The lowest BCUT2D eigenvalue weighted by Crippen LogP contribution is -2.29. The van der Waals surface area contributed by atoms with Crippen LogP contribution in [0.15, 0.2) is 53.3 Å². The fourth-order valence-corrected chi connectivity index (χ4v) is 4.87. The summed E-state index contributed by atoms with van der Waals surface area (Å²) >= 11 is 0. The van der Waals surface area contributed by atoms with E-state index in [1.165, 1.54) is 31.4 Å². The van der Waals surface area contributed by atoms with Gasteiger partial charge in [0, 0.05) is 24.2 Å². The van der Waals surface area contributed by atoms with Crippen molar-refractivity contribution in [2.24, 2.45) is 0 Å². The molecular weight excluding hydrogens is 431 g/mol. The summed E-state index contributed by atoms with van der Waals surface area (Å²) in [4.78, 5) is 18.0. The lowest BCUT2D eigenvalue weighted by Gasteiger charge is -2.25. The van der Waals surface area contributed by atoms with Gasteiger partial charge in [0.25, 0.3) is 5.56 Å². The van der Waals surface area contributed by atoms with Gasteiger partial charge in [-0.1, -0.05) is 43.0 Å². The SMILES string of the molecule is Cc1ccc2[nH]c(=O)c(CN(Cc3ccc(F)cc3)Cc3nnnn3C3CCCCC3)cc2c1. The van der Waals surface area contributed by atoms with Crippen molar-refractivity contribution in [3.05, 3.63) is 87.2 Å². The molecule has 0 unspecified atom stereocenters. The molecule has 5 rings (SSSR count). The molecule has 2 aromatic heterocycles. The van der Waals surface area contributed by atoms with Crippen molar-refractivity contribution in [2.45, 2.75) is 64.7 Å². The van der Waals surface area contributed by atoms with Gasteiger partial charge in [-0.2, -0.15) is 0 Å². The first-order valence-electron chi connectivity index (χ1n) is 11.9. The number of nitrogens with one attached hydrogen (secondary N) is 1. The summed E-state index contributed by atoms with van der Waals surface area (Å²) in [7, 11) is 0. The molecule has 1 fully saturated rings. The molecule has 0 atom stereocenters. The van der Waals surface area contributed by atoms with Gasteiger partial charge >= 0.3 is 0 Å². The third-order valence-corrected chi connectivity index (χ3v) is 6.64. The molecular formula is C26H29FN6O. The van der Waals surface area contributed by atoms with Crippen molar-refractivity contribution in [1.82, 2.24) is 30.1 Å². The highest BCUT2D eigenvalue weighted by molar-refractivity contribution is 5.79. The zero-order valence-electron chi connectivity index (χ0n) is 19.4. The summed E-state index contributed by atoms with van der Waals surface area (Å²) < 4.78 is 15.4. The minimum Gasteiger partial charge on any atom is -0.322 e. The molecule has 0 saturated heterocycles. The number of nitrogens with zero attached hydrogens (tertiary/aromatic N) is 5. The van der Waals surface area contributed by atoms with Gasteiger partial charge in [-0.3, -0.25) is 9.69 Å². The molecule has 0 amide bonds. The van der Waals surface area contributed by atoms with Crippen molar-refractivity contribution in [3.63, 3.8) is 0 Å². The summed E-state index contributed by atoms with van der Waals surface area (Å²) in [5, 5.41) is 13.6. The van der Waals surface area contributed by atoms with Gasteiger partial charge in [0.15, 0.2) is 5.82 Å². The normalized spacial score (nSPS) is 14.8. The van der Waals surface area contributed by atoms with E-state index in [2.05, 4.69) is 31.5 Å². The maximum atomic E-state index is 13.5. The van der Waals surface area contributed by atoms with Gasteiger partial charge in [-0.25, -0.2) is 9.07 Å². The number of rotatable bonds is 7. The molecule has 0 aliphatic heterocycles. The number of fused-ring (bicyclic) bond motifs is 1. The summed E-state index contributed by atoms with van der Waals surface area (Å²) in [5.41, 5.74) is 3.50. The highest BCUT2D eigenvalue weighted by Gasteiger charge is 2.22. The van der Waals surface area contributed by atoms with Gasteiger partial charge in [0.05, 0.1) is 12.6 Å². The number of aromatic nitrogens is 5. The number of pyridine rings is 1. The van der Waals surface area contributed by atoms with E-state index in [0.29, 0.717) is 31.2 Å². The second-order valence-corrected chi connectivity index (χ2v) is 9.32. The molecule has 0 spiro atoms. The van der Waals surface area contributed by atoms with Gasteiger partial charge in [0.1, 0.15) is 5.82 Å². The summed E-state index contributed by atoms with van der Waals surface area (Å²) in [6.07, 6.45) is 5.80. The maximum absolute atomic E-state index is 13.5. The van der Waals surface area contributed by atoms with E-state index in [9.17, 15) is 9.18 Å². The van der Waals surface area contributed by atoms with Crippen LogP contribution in [0.25, 0.3) is 10.9 Å². The smallest absolute Gasteiger partial charge is 0.252 e. The van der Waals surface area contributed by atoms with Crippen molar-refractivity contribution in [1.29, 1.82) is 0 Å². The average molecular weight is 461 g/mol. The Morgan fingerprint density at radius 2 is 1.82 bits per heavy atom. The number of aromatic amines is 1. The number of hydrogen-bond acceptors (Lipinski definition) is 5. The van der Waals surface area contributed by atoms with Gasteiger partial charge in [0.2, 0.25) is 0 Å². The largest absolute Gasteiger partial charge is 0.322 e. The monoisotopic (exact) mass is 460 g/mol. The van der Waals surface area contributed by atoms with Crippen LogP contribution in [0.3, 0.4) is 0 Å². The van der Waals surface area contributed by atoms with Crippen LogP contribution in [-0.2, 0) is 19.6 Å². The molecule has 34 heavy (non-hydrogen) atoms. The van der Waals surface area contributed by atoms with Crippen LogP contribution in [0.2, 0.25) is 0 Å². The van der Waals surface area contributed by atoms with E-state index >= 15 is 0 Å². The van der Waals surface area contributed by atoms with Crippen molar-refractivity contribution in [2.75, 3.05) is 0 Å². The minimum atomic E-state index is -0.266. The van der Waals surface area contributed by atoms with Gasteiger partial charge in [-0.05, 0) is 71.5 Å². The number of aryl methyl sites for hydroxylation is 1. The predicted molar refractivity (Wildman–Crippen MR) is 129 cm³/mol. The molecule has 1 aliphatic rings. The number of tetrazole rings is 1.